The van der Waals surface area contributed by atoms with Gasteiger partial charge in [0.1, 0.15) is 18.1 Å². The topological polar surface area (TPSA) is 111 Å². The third-order valence-electron chi connectivity index (χ3n) is 2.45. The zero-order valence-corrected chi connectivity index (χ0v) is 9.50. The first kappa shape index (κ1) is 11.7. The fourth-order valence-corrected chi connectivity index (χ4v) is 1.63. The normalized spacial score (nSPS) is 9.94. The van der Waals surface area contributed by atoms with Crippen LogP contribution in [-0.4, -0.2) is 9.55 Å². The minimum atomic E-state index is -0.427. The van der Waals surface area contributed by atoms with Crippen molar-refractivity contribution in [1.29, 1.82) is 5.26 Å². The van der Waals surface area contributed by atoms with E-state index in [1.54, 1.807) is 24.3 Å². The Hall–Kier alpha value is -2.81. The van der Waals surface area contributed by atoms with Crippen molar-refractivity contribution in [3.05, 3.63) is 40.8 Å². The van der Waals surface area contributed by atoms with Crippen molar-refractivity contribution in [2.24, 2.45) is 0 Å². The molecule has 1 heterocycles. The van der Waals surface area contributed by atoms with Crippen LogP contribution in [0, 0.1) is 11.3 Å². The number of hydrogen-bond acceptors (Lipinski definition) is 5. The molecular formula is C12H11N5O. The molecule has 0 radical (unpaired) electrons. The molecule has 2 rings (SSSR count). The summed E-state index contributed by atoms with van der Waals surface area (Å²) in [5.74, 6) is 0.378. The van der Waals surface area contributed by atoms with Crippen molar-refractivity contribution in [2.75, 3.05) is 11.5 Å². The minimum Gasteiger partial charge on any atom is -0.399 e. The van der Waals surface area contributed by atoms with Gasteiger partial charge >= 0.3 is 0 Å². The summed E-state index contributed by atoms with van der Waals surface area (Å²) >= 11 is 0. The average Bonchev–Trinajstić information content (AvgIpc) is 2.35. The minimum absolute atomic E-state index is 0.0119. The lowest BCUT2D eigenvalue weighted by molar-refractivity contribution is 0.777. The molecule has 0 spiro atoms. The van der Waals surface area contributed by atoms with Crippen LogP contribution in [0.15, 0.2) is 35.3 Å². The van der Waals surface area contributed by atoms with E-state index < -0.39 is 5.56 Å². The van der Waals surface area contributed by atoms with Crippen LogP contribution in [0.4, 0.5) is 11.4 Å². The summed E-state index contributed by atoms with van der Waals surface area (Å²) in [5, 5.41) is 8.76. The molecule has 6 nitrogen and oxygen atoms in total. The van der Waals surface area contributed by atoms with E-state index in [-0.39, 0.29) is 12.2 Å². The number of aromatic nitrogens is 2. The van der Waals surface area contributed by atoms with Gasteiger partial charge in [-0.3, -0.25) is 9.36 Å². The Morgan fingerprint density at radius 2 is 2.17 bits per heavy atom. The van der Waals surface area contributed by atoms with E-state index in [4.69, 9.17) is 16.7 Å². The Balaban J connectivity index is 2.68. The third-order valence-corrected chi connectivity index (χ3v) is 2.45. The van der Waals surface area contributed by atoms with Crippen molar-refractivity contribution in [3.8, 4) is 17.5 Å². The van der Waals surface area contributed by atoms with E-state index in [0.717, 1.165) is 0 Å². The summed E-state index contributed by atoms with van der Waals surface area (Å²) in [7, 11) is 0. The highest BCUT2D eigenvalue weighted by atomic mass is 16.1. The van der Waals surface area contributed by atoms with Gasteiger partial charge in [0.15, 0.2) is 0 Å². The summed E-state index contributed by atoms with van der Waals surface area (Å²) in [4.78, 5) is 16.0. The predicted molar refractivity (Wildman–Crippen MR) is 68.4 cm³/mol. The van der Waals surface area contributed by atoms with Gasteiger partial charge in [-0.2, -0.15) is 5.26 Å². The van der Waals surface area contributed by atoms with E-state index in [9.17, 15) is 4.79 Å². The molecule has 6 heteroatoms. The fraction of sp³-hybridized carbons (Fsp3) is 0.0833. The van der Waals surface area contributed by atoms with Crippen LogP contribution < -0.4 is 17.0 Å². The highest BCUT2D eigenvalue weighted by Crippen LogP contribution is 2.18. The first-order valence-electron chi connectivity index (χ1n) is 5.21. The molecule has 0 aliphatic rings. The van der Waals surface area contributed by atoms with Gasteiger partial charge in [0.25, 0.3) is 5.56 Å². The van der Waals surface area contributed by atoms with Crippen LogP contribution in [0.2, 0.25) is 0 Å². The predicted octanol–water partition coefficient (Wildman–Crippen LogP) is 0.598. The number of anilines is 2. The number of nitriles is 1. The number of nitrogen functional groups attached to an aromatic ring is 2. The summed E-state index contributed by atoms with van der Waals surface area (Å²) in [6.45, 7) is -0.110. The second-order valence-electron chi connectivity index (χ2n) is 3.71. The van der Waals surface area contributed by atoms with Gasteiger partial charge in [-0.1, -0.05) is 12.1 Å². The Labute approximate surface area is 103 Å². The second-order valence-corrected chi connectivity index (χ2v) is 3.71. The average molecular weight is 241 g/mol. The smallest absolute Gasteiger partial charge is 0.277 e. The molecule has 4 N–H and O–H groups in total. The number of nitrogens with zero attached hydrogens (tertiary/aromatic N) is 3. The summed E-state index contributed by atoms with van der Waals surface area (Å²) in [6.07, 6.45) is 1.29. The molecule has 0 fully saturated rings. The SMILES string of the molecule is N#CCn1c(-c2cccc(N)c2)ncc(N)c1=O. The van der Waals surface area contributed by atoms with Gasteiger partial charge in [-0.05, 0) is 12.1 Å². The summed E-state index contributed by atoms with van der Waals surface area (Å²) < 4.78 is 1.23. The van der Waals surface area contributed by atoms with Crippen molar-refractivity contribution in [1.82, 2.24) is 9.55 Å². The molecular weight excluding hydrogens is 230 g/mol. The quantitative estimate of drug-likeness (QED) is 0.748. The van der Waals surface area contributed by atoms with Crippen LogP contribution in [0.1, 0.15) is 0 Å². The fourth-order valence-electron chi connectivity index (χ4n) is 1.63. The molecule has 18 heavy (non-hydrogen) atoms. The first-order chi connectivity index (χ1) is 8.63. The number of nitrogens with two attached hydrogens (primary N) is 2. The molecule has 0 saturated heterocycles. The maximum absolute atomic E-state index is 11.9. The molecule has 0 aliphatic carbocycles. The zero-order chi connectivity index (χ0) is 13.1. The van der Waals surface area contributed by atoms with Crippen molar-refractivity contribution < 1.29 is 0 Å². The molecule has 0 bridgehead atoms. The van der Waals surface area contributed by atoms with E-state index in [0.29, 0.717) is 17.1 Å². The van der Waals surface area contributed by atoms with Crippen LogP contribution in [-0.2, 0) is 6.54 Å². The molecule has 0 saturated carbocycles. The maximum atomic E-state index is 11.9. The van der Waals surface area contributed by atoms with E-state index in [1.807, 2.05) is 6.07 Å². The third kappa shape index (κ3) is 2.01. The van der Waals surface area contributed by atoms with Crippen molar-refractivity contribution in [2.45, 2.75) is 6.54 Å². The zero-order valence-electron chi connectivity index (χ0n) is 9.50. The highest BCUT2D eigenvalue weighted by molar-refractivity contribution is 5.62. The molecule has 1 aromatic carbocycles. The van der Waals surface area contributed by atoms with Crippen molar-refractivity contribution >= 4 is 11.4 Å². The van der Waals surface area contributed by atoms with Crippen LogP contribution in [0.3, 0.4) is 0 Å². The number of hydrogen-bond donors (Lipinski definition) is 2. The number of benzene rings is 1. The Bertz CT molecular complexity index is 684. The van der Waals surface area contributed by atoms with Crippen molar-refractivity contribution in [3.63, 3.8) is 0 Å². The van der Waals surface area contributed by atoms with Gasteiger partial charge < -0.3 is 11.5 Å². The van der Waals surface area contributed by atoms with Gasteiger partial charge in [0, 0.05) is 11.3 Å². The lowest BCUT2D eigenvalue weighted by Crippen LogP contribution is -2.25. The van der Waals surface area contributed by atoms with E-state index in [2.05, 4.69) is 4.98 Å². The van der Waals surface area contributed by atoms with Gasteiger partial charge in [-0.25, -0.2) is 4.98 Å². The number of rotatable bonds is 2. The highest BCUT2D eigenvalue weighted by Gasteiger charge is 2.10. The molecule has 1 aromatic heterocycles. The first-order valence-corrected chi connectivity index (χ1v) is 5.21. The van der Waals surface area contributed by atoms with Crippen LogP contribution in [0.25, 0.3) is 11.4 Å². The standard InChI is InChI=1S/C12H11N5O/c13-4-5-17-11(16-7-10(15)12(17)18)8-2-1-3-9(14)6-8/h1-3,6-7H,5,14-15H2. The molecule has 2 aromatic rings. The Morgan fingerprint density at radius 1 is 1.39 bits per heavy atom. The molecule has 0 atom stereocenters. The van der Waals surface area contributed by atoms with Crippen LogP contribution >= 0.6 is 0 Å². The maximum Gasteiger partial charge on any atom is 0.277 e. The summed E-state index contributed by atoms with van der Waals surface area (Å²) in [6, 6.07) is 8.85. The van der Waals surface area contributed by atoms with Gasteiger partial charge in [0.2, 0.25) is 0 Å². The largest absolute Gasteiger partial charge is 0.399 e. The Kier molecular flexibility index (Phi) is 2.98. The van der Waals surface area contributed by atoms with E-state index in [1.165, 1.54) is 10.8 Å². The lowest BCUT2D eigenvalue weighted by Gasteiger charge is -2.09. The van der Waals surface area contributed by atoms with Crippen LogP contribution in [0.5, 0.6) is 0 Å². The molecule has 90 valence electrons. The van der Waals surface area contributed by atoms with E-state index >= 15 is 0 Å². The second kappa shape index (κ2) is 4.59. The molecule has 0 unspecified atom stereocenters. The Morgan fingerprint density at radius 3 is 2.83 bits per heavy atom. The lowest BCUT2D eigenvalue weighted by atomic mass is 10.2. The monoisotopic (exact) mass is 241 g/mol. The molecule has 0 aliphatic heterocycles. The molecule has 0 amide bonds. The van der Waals surface area contributed by atoms with Gasteiger partial charge in [0.05, 0.1) is 12.3 Å². The summed E-state index contributed by atoms with van der Waals surface area (Å²) in [5.41, 5.74) is 12.0. The van der Waals surface area contributed by atoms with Gasteiger partial charge in [-0.15, -0.1) is 0 Å².